The fourth-order valence-electron chi connectivity index (χ4n) is 5.05. The fraction of sp³-hybridized carbons (Fsp3) is 0.417. The van der Waals surface area contributed by atoms with Gasteiger partial charge in [-0.1, -0.05) is 48.3 Å². The highest BCUT2D eigenvalue weighted by atomic mass is 35.5. The summed E-state index contributed by atoms with van der Waals surface area (Å²) in [6, 6.07) is 13.4. The second-order valence-electron chi connectivity index (χ2n) is 8.33. The summed E-state index contributed by atoms with van der Waals surface area (Å²) in [6.07, 6.45) is 3.60. The van der Waals surface area contributed by atoms with Gasteiger partial charge in [-0.2, -0.15) is 0 Å². The number of likely N-dealkylation sites (tertiary alicyclic amines) is 1. The smallest absolute Gasteiger partial charge is 0.235 e. The number of amides is 2. The third-order valence-electron chi connectivity index (χ3n) is 6.50. The van der Waals surface area contributed by atoms with Crippen LogP contribution in [0.5, 0.6) is 0 Å². The van der Waals surface area contributed by atoms with E-state index in [-0.39, 0.29) is 17.7 Å². The Morgan fingerprint density at radius 3 is 2.57 bits per heavy atom. The Morgan fingerprint density at radius 2 is 1.87 bits per heavy atom. The summed E-state index contributed by atoms with van der Waals surface area (Å²) in [6.45, 7) is 3.41. The second-order valence-corrected chi connectivity index (χ2v) is 9.20. The Bertz CT molecular complexity index is 969. The van der Waals surface area contributed by atoms with Crippen molar-refractivity contribution < 1.29 is 9.59 Å². The third kappa shape index (κ3) is 3.83. The molecule has 0 aromatic heterocycles. The lowest BCUT2D eigenvalue weighted by Crippen LogP contribution is -2.49. The normalized spacial score (nSPS) is 21.4. The number of carbonyl (C=O) groups excluding carboxylic acids is 2. The molecule has 2 aromatic carbocycles. The van der Waals surface area contributed by atoms with Crippen LogP contribution in [0.15, 0.2) is 42.5 Å². The molecule has 0 bridgehead atoms. The maximum absolute atomic E-state index is 13.5. The molecule has 2 amide bonds. The predicted octanol–water partition coefficient (Wildman–Crippen LogP) is 5.46. The Kier molecular flexibility index (Phi) is 6.08. The van der Waals surface area contributed by atoms with Gasteiger partial charge in [-0.05, 0) is 67.0 Å². The van der Waals surface area contributed by atoms with E-state index >= 15 is 0 Å². The number of carbonyl (C=O) groups is 2. The molecule has 2 heterocycles. The number of nitrogens with zero attached hydrogens (tertiary/aromatic N) is 1. The Morgan fingerprint density at radius 1 is 1.13 bits per heavy atom. The number of benzene rings is 2. The van der Waals surface area contributed by atoms with Gasteiger partial charge in [0, 0.05) is 35.2 Å². The van der Waals surface area contributed by atoms with E-state index in [1.165, 1.54) is 0 Å². The average Bonchev–Trinajstić information content (AvgIpc) is 2.99. The van der Waals surface area contributed by atoms with Crippen molar-refractivity contribution in [3.8, 4) is 0 Å². The Hall–Kier alpha value is -2.04. The van der Waals surface area contributed by atoms with Gasteiger partial charge >= 0.3 is 0 Å². The lowest BCUT2D eigenvalue weighted by molar-refractivity contribution is -0.133. The minimum Gasteiger partial charge on any atom is -0.343 e. The lowest BCUT2D eigenvalue weighted by Gasteiger charge is -2.42. The van der Waals surface area contributed by atoms with E-state index in [4.69, 9.17) is 23.2 Å². The monoisotopic (exact) mass is 444 g/mol. The van der Waals surface area contributed by atoms with Crippen LogP contribution in [0.25, 0.3) is 0 Å². The maximum atomic E-state index is 13.5. The van der Waals surface area contributed by atoms with Crippen LogP contribution >= 0.6 is 23.2 Å². The molecule has 1 fully saturated rings. The standard InChI is InChI=1S/C24H26Cl2N2O2/c1-2-4-22(29)28-11-9-17(10-12-28)24(15-16-5-3-6-18(25)13-16)20-8-7-19(26)14-21(20)27-23(24)30/h3,5-8,13-14,17H,2,4,9-12,15H2,1H3,(H,27,30). The summed E-state index contributed by atoms with van der Waals surface area (Å²) in [5.41, 5.74) is 2.13. The van der Waals surface area contributed by atoms with Crippen molar-refractivity contribution in [2.75, 3.05) is 18.4 Å². The van der Waals surface area contributed by atoms with Crippen molar-refractivity contribution in [2.24, 2.45) is 5.92 Å². The molecule has 2 aliphatic heterocycles. The number of piperidine rings is 1. The van der Waals surface area contributed by atoms with Crippen LogP contribution in [0.1, 0.15) is 43.7 Å². The number of hydrogen-bond donors (Lipinski definition) is 1. The minimum atomic E-state index is -0.690. The molecule has 1 atom stereocenters. The van der Waals surface area contributed by atoms with Gasteiger partial charge in [-0.25, -0.2) is 0 Å². The van der Waals surface area contributed by atoms with Crippen LogP contribution in [0.3, 0.4) is 0 Å². The molecule has 0 spiro atoms. The lowest BCUT2D eigenvalue weighted by atomic mass is 9.64. The Balaban J connectivity index is 1.70. The molecule has 4 rings (SSSR count). The molecule has 2 aromatic rings. The summed E-state index contributed by atoms with van der Waals surface area (Å²) in [5.74, 6) is 0.352. The SMILES string of the molecule is CCCC(=O)N1CCC(C2(Cc3cccc(Cl)c3)C(=O)Nc3cc(Cl)ccc32)CC1. The van der Waals surface area contributed by atoms with Gasteiger partial charge in [-0.15, -0.1) is 0 Å². The molecule has 0 aliphatic carbocycles. The number of anilines is 1. The zero-order chi connectivity index (χ0) is 21.3. The van der Waals surface area contributed by atoms with Crippen molar-refractivity contribution >= 4 is 40.7 Å². The third-order valence-corrected chi connectivity index (χ3v) is 6.97. The highest BCUT2D eigenvalue weighted by Gasteiger charge is 2.52. The van der Waals surface area contributed by atoms with Crippen LogP contribution < -0.4 is 5.32 Å². The van der Waals surface area contributed by atoms with Gasteiger partial charge in [-0.3, -0.25) is 9.59 Å². The zero-order valence-electron chi connectivity index (χ0n) is 17.1. The van der Waals surface area contributed by atoms with E-state index in [9.17, 15) is 9.59 Å². The van der Waals surface area contributed by atoms with Gasteiger partial charge < -0.3 is 10.2 Å². The molecule has 2 aliphatic rings. The highest BCUT2D eigenvalue weighted by Crippen LogP contribution is 2.49. The quantitative estimate of drug-likeness (QED) is 0.664. The van der Waals surface area contributed by atoms with Crippen molar-refractivity contribution in [3.05, 3.63) is 63.6 Å². The van der Waals surface area contributed by atoms with E-state index < -0.39 is 5.41 Å². The van der Waals surface area contributed by atoms with Crippen LogP contribution in [0.4, 0.5) is 5.69 Å². The molecule has 30 heavy (non-hydrogen) atoms. The van der Waals surface area contributed by atoms with Gasteiger partial charge in [0.25, 0.3) is 0 Å². The first kappa shape index (κ1) is 21.2. The fourth-order valence-corrected chi connectivity index (χ4v) is 5.44. The molecular weight excluding hydrogens is 419 g/mol. The number of fused-ring (bicyclic) bond motifs is 1. The minimum absolute atomic E-state index is 0.0121. The van der Waals surface area contributed by atoms with E-state index in [0.29, 0.717) is 36.0 Å². The molecule has 158 valence electrons. The van der Waals surface area contributed by atoms with E-state index in [2.05, 4.69) is 5.32 Å². The van der Waals surface area contributed by atoms with Gasteiger partial charge in [0.15, 0.2) is 0 Å². The van der Waals surface area contributed by atoms with Crippen molar-refractivity contribution in [1.29, 1.82) is 0 Å². The maximum Gasteiger partial charge on any atom is 0.235 e. The molecule has 0 saturated carbocycles. The zero-order valence-corrected chi connectivity index (χ0v) is 18.6. The molecule has 0 radical (unpaired) electrons. The summed E-state index contributed by atoms with van der Waals surface area (Å²) in [5, 5.41) is 4.35. The van der Waals surface area contributed by atoms with Crippen molar-refractivity contribution in [2.45, 2.75) is 44.4 Å². The van der Waals surface area contributed by atoms with E-state index in [1.807, 2.05) is 54.3 Å². The van der Waals surface area contributed by atoms with Gasteiger partial charge in [0.05, 0.1) is 5.41 Å². The Labute approximate surface area is 187 Å². The molecule has 1 saturated heterocycles. The summed E-state index contributed by atoms with van der Waals surface area (Å²) in [7, 11) is 0. The van der Waals surface area contributed by atoms with E-state index in [1.54, 1.807) is 0 Å². The molecule has 4 nitrogen and oxygen atoms in total. The molecule has 6 heteroatoms. The van der Waals surface area contributed by atoms with Crippen LogP contribution in [0.2, 0.25) is 10.0 Å². The molecule has 1 unspecified atom stereocenters. The number of nitrogens with one attached hydrogen (secondary N) is 1. The van der Waals surface area contributed by atoms with E-state index in [0.717, 1.165) is 36.1 Å². The van der Waals surface area contributed by atoms with Crippen molar-refractivity contribution in [1.82, 2.24) is 4.90 Å². The molecular formula is C24H26Cl2N2O2. The first-order valence-electron chi connectivity index (χ1n) is 10.6. The van der Waals surface area contributed by atoms with Crippen LogP contribution in [0, 0.1) is 5.92 Å². The number of halogens is 2. The number of hydrogen-bond acceptors (Lipinski definition) is 2. The largest absolute Gasteiger partial charge is 0.343 e. The number of rotatable bonds is 5. The summed E-state index contributed by atoms with van der Waals surface area (Å²) in [4.78, 5) is 27.8. The first-order valence-corrected chi connectivity index (χ1v) is 11.3. The first-order chi connectivity index (χ1) is 14.4. The van der Waals surface area contributed by atoms with Crippen molar-refractivity contribution in [3.63, 3.8) is 0 Å². The van der Waals surface area contributed by atoms with Crippen LogP contribution in [-0.4, -0.2) is 29.8 Å². The second kappa shape index (κ2) is 8.60. The predicted molar refractivity (Wildman–Crippen MR) is 121 cm³/mol. The highest BCUT2D eigenvalue weighted by molar-refractivity contribution is 6.31. The summed E-state index contributed by atoms with van der Waals surface area (Å²) >= 11 is 12.4. The topological polar surface area (TPSA) is 49.4 Å². The summed E-state index contributed by atoms with van der Waals surface area (Å²) < 4.78 is 0. The average molecular weight is 445 g/mol. The van der Waals surface area contributed by atoms with Gasteiger partial charge in [0.1, 0.15) is 0 Å². The molecule has 1 N–H and O–H groups in total. The van der Waals surface area contributed by atoms with Crippen LogP contribution in [-0.2, 0) is 21.4 Å². The van der Waals surface area contributed by atoms with Gasteiger partial charge in [0.2, 0.25) is 11.8 Å².